The van der Waals surface area contributed by atoms with Gasteiger partial charge in [0.25, 0.3) is 0 Å². The molecule has 0 saturated carbocycles. The number of rotatable bonds is 7. The van der Waals surface area contributed by atoms with E-state index in [2.05, 4.69) is 80.5 Å². The van der Waals surface area contributed by atoms with E-state index >= 15 is 0 Å². The lowest BCUT2D eigenvalue weighted by Crippen LogP contribution is -2.43. The SMILES string of the molecule is CN=C(NCc1ccc(CN2CCN(C)CC2)cc1)NCC(C)c1ccsc1. The number of hydrogen-bond donors (Lipinski definition) is 2. The first kappa shape index (κ1) is 20.8. The Morgan fingerprint density at radius 1 is 1.07 bits per heavy atom. The molecule has 1 aromatic heterocycles. The van der Waals surface area contributed by atoms with Gasteiger partial charge in [-0.3, -0.25) is 9.89 Å². The Labute approximate surface area is 173 Å². The third kappa shape index (κ3) is 6.33. The van der Waals surface area contributed by atoms with Gasteiger partial charge in [0.1, 0.15) is 0 Å². The second-order valence-electron chi connectivity index (χ2n) is 7.66. The fourth-order valence-electron chi connectivity index (χ4n) is 3.36. The first-order chi connectivity index (χ1) is 13.6. The third-order valence-corrected chi connectivity index (χ3v) is 6.10. The quantitative estimate of drug-likeness (QED) is 0.555. The van der Waals surface area contributed by atoms with E-state index in [1.807, 2.05) is 7.05 Å². The van der Waals surface area contributed by atoms with Crippen molar-refractivity contribution >= 4 is 17.3 Å². The number of aliphatic imine (C=N–C) groups is 1. The smallest absolute Gasteiger partial charge is 0.191 e. The van der Waals surface area contributed by atoms with Crippen LogP contribution in [0, 0.1) is 0 Å². The topological polar surface area (TPSA) is 42.9 Å². The fourth-order valence-corrected chi connectivity index (χ4v) is 4.14. The molecule has 1 fully saturated rings. The summed E-state index contributed by atoms with van der Waals surface area (Å²) in [4.78, 5) is 9.28. The van der Waals surface area contributed by atoms with Gasteiger partial charge in [0.2, 0.25) is 0 Å². The van der Waals surface area contributed by atoms with Crippen LogP contribution in [0.4, 0.5) is 0 Å². The summed E-state index contributed by atoms with van der Waals surface area (Å²) in [5.74, 6) is 1.32. The Hall–Kier alpha value is -1.89. The highest BCUT2D eigenvalue weighted by Crippen LogP contribution is 2.17. The van der Waals surface area contributed by atoms with Gasteiger partial charge in [0, 0.05) is 52.9 Å². The molecule has 0 bridgehead atoms. The van der Waals surface area contributed by atoms with Gasteiger partial charge in [-0.2, -0.15) is 11.3 Å². The number of likely N-dealkylation sites (N-methyl/N-ethyl adjacent to an activating group) is 1. The van der Waals surface area contributed by atoms with Crippen molar-refractivity contribution in [3.8, 4) is 0 Å². The van der Waals surface area contributed by atoms with Crippen molar-refractivity contribution in [2.24, 2.45) is 4.99 Å². The first-order valence-electron chi connectivity index (χ1n) is 10.1. The van der Waals surface area contributed by atoms with Crippen molar-refractivity contribution in [2.45, 2.75) is 25.9 Å². The summed E-state index contributed by atoms with van der Waals surface area (Å²) in [5, 5.41) is 11.2. The zero-order valence-corrected chi connectivity index (χ0v) is 18.1. The van der Waals surface area contributed by atoms with Crippen LogP contribution in [0.1, 0.15) is 29.5 Å². The molecule has 1 aliphatic rings. The summed E-state index contributed by atoms with van der Waals surface area (Å²) in [6.07, 6.45) is 0. The number of thiophene rings is 1. The largest absolute Gasteiger partial charge is 0.356 e. The van der Waals surface area contributed by atoms with Crippen LogP contribution in [0.5, 0.6) is 0 Å². The Balaban J connectivity index is 1.41. The van der Waals surface area contributed by atoms with Crippen LogP contribution in [0.15, 0.2) is 46.1 Å². The maximum atomic E-state index is 4.34. The lowest BCUT2D eigenvalue weighted by molar-refractivity contribution is 0.148. The Morgan fingerprint density at radius 2 is 1.79 bits per heavy atom. The molecule has 0 aliphatic carbocycles. The van der Waals surface area contributed by atoms with E-state index in [0.717, 1.165) is 38.7 Å². The van der Waals surface area contributed by atoms with Gasteiger partial charge in [0.15, 0.2) is 5.96 Å². The van der Waals surface area contributed by atoms with E-state index in [-0.39, 0.29) is 0 Å². The van der Waals surface area contributed by atoms with Crippen LogP contribution in [0.3, 0.4) is 0 Å². The van der Waals surface area contributed by atoms with Crippen molar-refractivity contribution in [2.75, 3.05) is 46.8 Å². The van der Waals surface area contributed by atoms with Gasteiger partial charge >= 0.3 is 0 Å². The van der Waals surface area contributed by atoms with Gasteiger partial charge in [-0.25, -0.2) is 0 Å². The lowest BCUT2D eigenvalue weighted by atomic mass is 10.1. The van der Waals surface area contributed by atoms with Crippen LogP contribution < -0.4 is 10.6 Å². The second-order valence-corrected chi connectivity index (χ2v) is 8.44. The number of nitrogens with one attached hydrogen (secondary N) is 2. The molecule has 1 aromatic carbocycles. The van der Waals surface area contributed by atoms with E-state index in [0.29, 0.717) is 5.92 Å². The zero-order valence-electron chi connectivity index (χ0n) is 17.3. The van der Waals surface area contributed by atoms with Gasteiger partial charge in [-0.15, -0.1) is 0 Å². The molecule has 28 heavy (non-hydrogen) atoms. The highest BCUT2D eigenvalue weighted by Gasteiger charge is 2.13. The number of guanidine groups is 1. The number of piperazine rings is 1. The molecular formula is C22H33N5S. The van der Waals surface area contributed by atoms with Crippen LogP contribution in [0.25, 0.3) is 0 Å². The van der Waals surface area contributed by atoms with Gasteiger partial charge < -0.3 is 15.5 Å². The summed E-state index contributed by atoms with van der Waals surface area (Å²) in [6.45, 7) is 9.59. The minimum atomic E-state index is 0.471. The molecule has 5 nitrogen and oxygen atoms in total. The second kappa shape index (κ2) is 10.6. The monoisotopic (exact) mass is 399 g/mol. The van der Waals surface area contributed by atoms with Crippen molar-refractivity contribution in [3.63, 3.8) is 0 Å². The average Bonchev–Trinajstić information content (AvgIpc) is 3.26. The standard InChI is InChI=1S/C22H33N5S/c1-18(21-8-13-28-17-21)14-24-22(23-2)25-15-19-4-6-20(7-5-19)16-27-11-9-26(3)10-12-27/h4-8,13,17-18H,9-12,14-16H2,1-3H3,(H2,23,24,25). The number of nitrogens with zero attached hydrogens (tertiary/aromatic N) is 3. The van der Waals surface area contributed by atoms with E-state index in [9.17, 15) is 0 Å². The molecular weight excluding hydrogens is 366 g/mol. The Kier molecular flexibility index (Phi) is 7.89. The van der Waals surface area contributed by atoms with Gasteiger partial charge in [-0.05, 0) is 46.5 Å². The molecule has 1 aliphatic heterocycles. The molecule has 0 amide bonds. The summed E-state index contributed by atoms with van der Waals surface area (Å²) < 4.78 is 0. The lowest BCUT2D eigenvalue weighted by Gasteiger charge is -2.32. The summed E-state index contributed by atoms with van der Waals surface area (Å²) >= 11 is 1.75. The van der Waals surface area contributed by atoms with E-state index in [1.165, 1.54) is 29.8 Å². The molecule has 1 saturated heterocycles. The molecule has 1 atom stereocenters. The number of benzene rings is 1. The summed E-state index contributed by atoms with van der Waals surface area (Å²) in [6, 6.07) is 11.1. The van der Waals surface area contributed by atoms with Gasteiger partial charge in [-0.1, -0.05) is 31.2 Å². The predicted octanol–water partition coefficient (Wildman–Crippen LogP) is 2.96. The molecule has 2 N–H and O–H groups in total. The minimum absolute atomic E-state index is 0.471. The third-order valence-electron chi connectivity index (χ3n) is 5.40. The predicted molar refractivity (Wildman–Crippen MR) is 120 cm³/mol. The van der Waals surface area contributed by atoms with E-state index in [4.69, 9.17) is 0 Å². The molecule has 0 spiro atoms. The highest BCUT2D eigenvalue weighted by atomic mass is 32.1. The van der Waals surface area contributed by atoms with Gasteiger partial charge in [0.05, 0.1) is 0 Å². The van der Waals surface area contributed by atoms with Crippen LogP contribution in [-0.4, -0.2) is 62.6 Å². The molecule has 3 rings (SSSR count). The van der Waals surface area contributed by atoms with Crippen LogP contribution in [-0.2, 0) is 13.1 Å². The fraction of sp³-hybridized carbons (Fsp3) is 0.500. The summed E-state index contributed by atoms with van der Waals surface area (Å²) in [7, 11) is 4.02. The Morgan fingerprint density at radius 3 is 2.43 bits per heavy atom. The molecule has 152 valence electrons. The van der Waals surface area contributed by atoms with E-state index in [1.54, 1.807) is 11.3 Å². The summed E-state index contributed by atoms with van der Waals surface area (Å²) in [5.41, 5.74) is 4.04. The average molecular weight is 400 g/mol. The maximum absolute atomic E-state index is 4.34. The van der Waals surface area contributed by atoms with Crippen molar-refractivity contribution in [3.05, 3.63) is 57.8 Å². The van der Waals surface area contributed by atoms with Crippen LogP contribution >= 0.6 is 11.3 Å². The molecule has 2 aromatic rings. The normalized spacial score (nSPS) is 17.5. The van der Waals surface area contributed by atoms with Crippen molar-refractivity contribution in [1.29, 1.82) is 0 Å². The molecule has 1 unspecified atom stereocenters. The maximum Gasteiger partial charge on any atom is 0.191 e. The number of hydrogen-bond acceptors (Lipinski definition) is 4. The zero-order chi connectivity index (χ0) is 19.8. The minimum Gasteiger partial charge on any atom is -0.356 e. The Bertz CT molecular complexity index is 718. The van der Waals surface area contributed by atoms with Crippen molar-refractivity contribution in [1.82, 2.24) is 20.4 Å². The molecule has 0 radical (unpaired) electrons. The first-order valence-corrected chi connectivity index (χ1v) is 11.0. The molecule has 6 heteroatoms. The highest BCUT2D eigenvalue weighted by molar-refractivity contribution is 7.07. The van der Waals surface area contributed by atoms with Crippen LogP contribution in [0.2, 0.25) is 0 Å². The molecule has 2 heterocycles. The van der Waals surface area contributed by atoms with E-state index < -0.39 is 0 Å². The van der Waals surface area contributed by atoms with Crippen molar-refractivity contribution < 1.29 is 0 Å².